The van der Waals surface area contributed by atoms with Gasteiger partial charge in [0.05, 0.1) is 14.6 Å². The number of nitriles is 1. The molecule has 114 valence electrons. The molecular formula is C16H14ClNO2S2. The van der Waals surface area contributed by atoms with Crippen molar-refractivity contribution >= 4 is 40.5 Å². The van der Waals surface area contributed by atoms with E-state index < -0.39 is 6.61 Å². The van der Waals surface area contributed by atoms with Crippen LogP contribution in [0.3, 0.4) is 0 Å². The maximum atomic E-state index is 12.1. The van der Waals surface area contributed by atoms with Crippen LogP contribution in [0.2, 0.25) is 5.02 Å². The predicted molar refractivity (Wildman–Crippen MR) is 91.9 cm³/mol. The topological polar surface area (TPSA) is 61.1 Å². The second-order valence-corrected chi connectivity index (χ2v) is 8.14. The highest BCUT2D eigenvalue weighted by molar-refractivity contribution is 8.01. The molecule has 0 aliphatic rings. The summed E-state index contributed by atoms with van der Waals surface area (Å²) >= 11 is 8.72. The summed E-state index contributed by atoms with van der Waals surface area (Å²) in [5.74, 6) is -0.373. The van der Waals surface area contributed by atoms with Crippen LogP contribution >= 0.6 is 34.7 Å². The molecule has 2 rings (SSSR count). The number of carbonyl (C=O) groups is 1. The Morgan fingerprint density at radius 1 is 1.41 bits per heavy atom. The zero-order valence-electron chi connectivity index (χ0n) is 12.1. The lowest BCUT2D eigenvalue weighted by atomic mass is 10.0. The Morgan fingerprint density at radius 3 is 2.55 bits per heavy atom. The molecule has 0 atom stereocenters. The summed E-state index contributed by atoms with van der Waals surface area (Å²) in [6.07, 6.45) is 0. The Kier molecular flexibility index (Phi) is 5.65. The van der Waals surface area contributed by atoms with Crippen LogP contribution in [-0.4, -0.2) is 22.7 Å². The van der Waals surface area contributed by atoms with Crippen molar-refractivity contribution in [1.29, 1.82) is 5.26 Å². The lowest BCUT2D eigenvalue weighted by Gasteiger charge is -2.04. The standard InChI is InChI=1S/C16H14ClNO2S2/c1-9(2)21-16-12(7-18)14(15(22-16)13(20)8-19)10-3-5-11(17)6-4-10/h3-6,9,19H,8H2,1-2H3. The molecule has 0 aliphatic carbocycles. The number of aliphatic hydroxyl groups is 1. The van der Waals surface area contributed by atoms with Crippen molar-refractivity contribution in [3.63, 3.8) is 0 Å². The molecule has 1 aromatic carbocycles. The van der Waals surface area contributed by atoms with Crippen molar-refractivity contribution in [2.24, 2.45) is 0 Å². The summed E-state index contributed by atoms with van der Waals surface area (Å²) in [6, 6.07) is 9.21. The van der Waals surface area contributed by atoms with Crippen molar-refractivity contribution < 1.29 is 9.90 Å². The van der Waals surface area contributed by atoms with Crippen molar-refractivity contribution in [2.75, 3.05) is 6.61 Å². The minimum Gasteiger partial charge on any atom is -0.388 e. The first-order valence-electron chi connectivity index (χ1n) is 6.61. The molecule has 0 fully saturated rings. The Morgan fingerprint density at radius 2 is 2.05 bits per heavy atom. The van der Waals surface area contributed by atoms with E-state index in [4.69, 9.17) is 11.6 Å². The number of ketones is 1. The Balaban J connectivity index is 2.68. The lowest BCUT2D eigenvalue weighted by Crippen LogP contribution is -2.03. The molecule has 0 unspecified atom stereocenters. The second kappa shape index (κ2) is 7.30. The lowest BCUT2D eigenvalue weighted by molar-refractivity contribution is 0.0908. The molecule has 0 spiro atoms. The highest BCUT2D eigenvalue weighted by Gasteiger charge is 2.24. The Hall–Kier alpha value is -1.32. The van der Waals surface area contributed by atoms with Gasteiger partial charge >= 0.3 is 0 Å². The quantitative estimate of drug-likeness (QED) is 0.631. The molecule has 1 N–H and O–H groups in total. The van der Waals surface area contributed by atoms with Gasteiger partial charge < -0.3 is 5.11 Å². The average Bonchev–Trinajstić information content (AvgIpc) is 2.84. The van der Waals surface area contributed by atoms with E-state index in [1.54, 1.807) is 36.0 Å². The first-order valence-corrected chi connectivity index (χ1v) is 8.68. The Bertz CT molecular complexity index is 730. The summed E-state index contributed by atoms with van der Waals surface area (Å²) in [5.41, 5.74) is 1.83. The molecule has 1 aromatic heterocycles. The summed E-state index contributed by atoms with van der Waals surface area (Å²) in [4.78, 5) is 12.5. The van der Waals surface area contributed by atoms with E-state index in [-0.39, 0.29) is 5.78 Å². The first kappa shape index (κ1) is 17.0. The van der Waals surface area contributed by atoms with Crippen LogP contribution in [0.4, 0.5) is 0 Å². The highest BCUT2D eigenvalue weighted by atomic mass is 35.5. The Labute approximate surface area is 142 Å². The number of carbonyl (C=O) groups excluding carboxylic acids is 1. The predicted octanol–water partition coefficient (Wildman–Crippen LogP) is 4.62. The van der Waals surface area contributed by atoms with Gasteiger partial charge in [-0.15, -0.1) is 23.1 Å². The van der Waals surface area contributed by atoms with E-state index >= 15 is 0 Å². The number of rotatable bonds is 5. The maximum Gasteiger partial charge on any atom is 0.198 e. The van der Waals surface area contributed by atoms with Gasteiger partial charge in [-0.3, -0.25) is 4.79 Å². The molecule has 22 heavy (non-hydrogen) atoms. The second-order valence-electron chi connectivity index (χ2n) is 4.84. The van der Waals surface area contributed by atoms with Gasteiger partial charge in [-0.25, -0.2) is 0 Å². The van der Waals surface area contributed by atoms with Crippen molar-refractivity contribution in [3.05, 3.63) is 39.7 Å². The highest BCUT2D eigenvalue weighted by Crippen LogP contribution is 2.43. The van der Waals surface area contributed by atoms with E-state index in [0.29, 0.717) is 26.3 Å². The third-order valence-electron chi connectivity index (χ3n) is 2.86. The fraction of sp³-hybridized carbons (Fsp3) is 0.250. The average molecular weight is 352 g/mol. The SMILES string of the molecule is CC(C)Sc1sc(C(=O)CO)c(-c2ccc(Cl)cc2)c1C#N. The zero-order valence-corrected chi connectivity index (χ0v) is 14.5. The molecule has 0 amide bonds. The van der Waals surface area contributed by atoms with Crippen LogP contribution in [0, 0.1) is 11.3 Å². The number of nitrogens with zero attached hydrogens (tertiary/aromatic N) is 1. The number of benzene rings is 1. The van der Waals surface area contributed by atoms with Gasteiger partial charge in [0.15, 0.2) is 5.78 Å². The number of hydrogen-bond acceptors (Lipinski definition) is 5. The number of thiophene rings is 1. The van der Waals surface area contributed by atoms with Crippen LogP contribution in [0.15, 0.2) is 28.5 Å². The van der Waals surface area contributed by atoms with Crippen LogP contribution in [0.25, 0.3) is 11.1 Å². The number of aliphatic hydroxyl groups excluding tert-OH is 1. The van der Waals surface area contributed by atoms with Gasteiger partial charge in [-0.1, -0.05) is 37.6 Å². The largest absolute Gasteiger partial charge is 0.388 e. The summed E-state index contributed by atoms with van der Waals surface area (Å²) in [6.45, 7) is 3.49. The number of hydrogen-bond donors (Lipinski definition) is 1. The van der Waals surface area contributed by atoms with Crippen LogP contribution < -0.4 is 0 Å². The smallest absolute Gasteiger partial charge is 0.198 e. The molecule has 0 saturated carbocycles. The van der Waals surface area contributed by atoms with Crippen molar-refractivity contribution in [2.45, 2.75) is 23.3 Å². The summed E-state index contributed by atoms with van der Waals surface area (Å²) in [7, 11) is 0. The first-order chi connectivity index (χ1) is 10.5. The molecule has 3 nitrogen and oxygen atoms in total. The normalized spacial score (nSPS) is 10.7. The monoisotopic (exact) mass is 351 g/mol. The van der Waals surface area contributed by atoms with Gasteiger partial charge in [0.2, 0.25) is 0 Å². The molecule has 6 heteroatoms. The van der Waals surface area contributed by atoms with Gasteiger partial charge in [0.25, 0.3) is 0 Å². The van der Waals surface area contributed by atoms with E-state index in [1.165, 1.54) is 11.3 Å². The molecule has 1 heterocycles. The zero-order chi connectivity index (χ0) is 16.3. The van der Waals surface area contributed by atoms with Gasteiger partial charge in [0.1, 0.15) is 12.7 Å². The fourth-order valence-electron chi connectivity index (χ4n) is 1.97. The maximum absolute atomic E-state index is 12.1. The minimum absolute atomic E-state index is 0.292. The fourth-order valence-corrected chi connectivity index (χ4v) is 4.74. The van der Waals surface area contributed by atoms with Crippen molar-refractivity contribution in [1.82, 2.24) is 0 Å². The van der Waals surface area contributed by atoms with Crippen LogP contribution in [0.1, 0.15) is 29.1 Å². The van der Waals surface area contributed by atoms with Crippen LogP contribution in [0.5, 0.6) is 0 Å². The minimum atomic E-state index is -0.572. The third-order valence-corrected chi connectivity index (χ3v) is 5.57. The molecule has 0 radical (unpaired) electrons. The number of halogens is 1. The van der Waals surface area contributed by atoms with E-state index in [9.17, 15) is 15.2 Å². The summed E-state index contributed by atoms with van der Waals surface area (Å²) < 4.78 is 0.805. The molecule has 0 bridgehead atoms. The van der Waals surface area contributed by atoms with Gasteiger partial charge in [0, 0.05) is 15.8 Å². The molecule has 2 aromatic rings. The number of Topliss-reactive ketones (excluding diaryl/α,β-unsaturated/α-hetero) is 1. The number of thioether (sulfide) groups is 1. The van der Waals surface area contributed by atoms with Crippen molar-refractivity contribution in [3.8, 4) is 17.2 Å². The molecule has 0 aliphatic heterocycles. The van der Waals surface area contributed by atoms with Gasteiger partial charge in [-0.05, 0) is 17.7 Å². The van der Waals surface area contributed by atoms with Crippen LogP contribution in [-0.2, 0) is 0 Å². The molecular weight excluding hydrogens is 338 g/mol. The van der Waals surface area contributed by atoms with Gasteiger partial charge in [-0.2, -0.15) is 5.26 Å². The third kappa shape index (κ3) is 3.53. The van der Waals surface area contributed by atoms with E-state index in [2.05, 4.69) is 6.07 Å². The summed E-state index contributed by atoms with van der Waals surface area (Å²) in [5, 5.41) is 19.6. The molecule has 0 saturated heterocycles. The van der Waals surface area contributed by atoms with E-state index in [1.807, 2.05) is 13.8 Å². The van der Waals surface area contributed by atoms with E-state index in [0.717, 1.165) is 9.77 Å².